The minimum Gasteiger partial charge on any atom is -0.348 e. The van der Waals surface area contributed by atoms with Crippen LogP contribution in [0.15, 0.2) is 0 Å². The molecule has 0 aromatic heterocycles. The zero-order chi connectivity index (χ0) is 13.9. The quantitative estimate of drug-likeness (QED) is 0.632. The number of carbonyl (C=O) groups excluding carboxylic acids is 1. The lowest BCUT2D eigenvalue weighted by molar-refractivity contribution is -0.467. The zero-order valence-electron chi connectivity index (χ0n) is 11.7. The number of hydrogen-bond acceptors (Lipinski definition) is 3. The molecule has 1 N–H and O–H groups in total. The number of carbonyl (C=O) groups is 1. The van der Waals surface area contributed by atoms with Crippen LogP contribution < -0.4 is 5.32 Å². The van der Waals surface area contributed by atoms with E-state index in [9.17, 15) is 14.9 Å². The lowest BCUT2D eigenvalue weighted by atomic mass is 9.98. The van der Waals surface area contributed by atoms with E-state index < -0.39 is 17.4 Å². The van der Waals surface area contributed by atoms with Gasteiger partial charge >= 0.3 is 0 Å². The molecule has 0 spiro atoms. The number of rotatable bonds is 3. The summed E-state index contributed by atoms with van der Waals surface area (Å²) >= 11 is 0. The van der Waals surface area contributed by atoms with Crippen LogP contribution in [0.3, 0.4) is 0 Å². The SMILES string of the molecule is O=C(C[N+](=O)[O-])NC1CCCCCCCCCCC1. The third kappa shape index (κ3) is 8.56. The second-order valence-electron chi connectivity index (χ2n) is 5.51. The van der Waals surface area contributed by atoms with Gasteiger partial charge < -0.3 is 5.32 Å². The Labute approximate surface area is 115 Å². The first-order valence-electron chi connectivity index (χ1n) is 7.59. The second-order valence-corrected chi connectivity index (χ2v) is 5.51. The minimum atomic E-state index is -0.601. The van der Waals surface area contributed by atoms with Crippen molar-refractivity contribution in [3.8, 4) is 0 Å². The van der Waals surface area contributed by atoms with Crippen LogP contribution in [0.4, 0.5) is 0 Å². The summed E-state index contributed by atoms with van der Waals surface area (Å²) in [5.41, 5.74) is 0. The summed E-state index contributed by atoms with van der Waals surface area (Å²) in [7, 11) is 0. The van der Waals surface area contributed by atoms with Crippen molar-refractivity contribution in [2.45, 2.75) is 76.7 Å². The standard InChI is InChI=1S/C14H26N2O3/c17-14(12-16(18)19)15-13-10-8-6-4-2-1-3-5-7-9-11-13/h13H,1-12H2,(H,15,17). The first-order chi connectivity index (χ1) is 9.18. The van der Waals surface area contributed by atoms with Gasteiger partial charge in [0.05, 0.1) is 0 Å². The molecule has 1 aliphatic carbocycles. The molecule has 110 valence electrons. The topological polar surface area (TPSA) is 72.2 Å². The molecule has 1 amide bonds. The van der Waals surface area contributed by atoms with Gasteiger partial charge in [0.15, 0.2) is 0 Å². The highest BCUT2D eigenvalue weighted by Crippen LogP contribution is 2.16. The number of nitrogens with zero attached hydrogens (tertiary/aromatic N) is 1. The normalized spacial score (nSPS) is 20.0. The minimum absolute atomic E-state index is 0.131. The largest absolute Gasteiger partial charge is 0.348 e. The number of nitrogens with one attached hydrogen (secondary N) is 1. The van der Waals surface area contributed by atoms with Crippen LogP contribution in [-0.4, -0.2) is 23.4 Å². The van der Waals surface area contributed by atoms with E-state index in [0.717, 1.165) is 25.7 Å². The van der Waals surface area contributed by atoms with E-state index in [1.54, 1.807) is 0 Å². The summed E-state index contributed by atoms with van der Waals surface area (Å²) < 4.78 is 0. The van der Waals surface area contributed by atoms with E-state index in [0.29, 0.717) is 0 Å². The predicted molar refractivity (Wildman–Crippen MR) is 74.6 cm³/mol. The van der Waals surface area contributed by atoms with Gasteiger partial charge in [0.1, 0.15) is 0 Å². The Bertz CT molecular complexity index is 270. The first kappa shape index (κ1) is 15.9. The van der Waals surface area contributed by atoms with Gasteiger partial charge in [-0.25, -0.2) is 0 Å². The van der Waals surface area contributed by atoms with Crippen LogP contribution in [0.25, 0.3) is 0 Å². The second kappa shape index (κ2) is 9.75. The molecule has 0 saturated heterocycles. The Kier molecular flexibility index (Phi) is 8.18. The Balaban J connectivity index is 2.33. The van der Waals surface area contributed by atoms with Crippen LogP contribution in [0.1, 0.15) is 70.6 Å². The molecule has 0 radical (unpaired) electrons. The Morgan fingerprint density at radius 1 is 0.947 bits per heavy atom. The van der Waals surface area contributed by atoms with Gasteiger partial charge in [-0.3, -0.25) is 14.9 Å². The summed E-state index contributed by atoms with van der Waals surface area (Å²) in [5.74, 6) is -0.443. The summed E-state index contributed by atoms with van der Waals surface area (Å²) in [6, 6.07) is 0.131. The van der Waals surface area contributed by atoms with Crippen LogP contribution in [0, 0.1) is 10.1 Å². The summed E-state index contributed by atoms with van der Waals surface area (Å²) in [6.45, 7) is -0.601. The molecular weight excluding hydrogens is 244 g/mol. The summed E-state index contributed by atoms with van der Waals surface area (Å²) in [4.78, 5) is 21.2. The van der Waals surface area contributed by atoms with E-state index in [2.05, 4.69) is 5.32 Å². The molecule has 5 heteroatoms. The van der Waals surface area contributed by atoms with Gasteiger partial charge in [0.2, 0.25) is 0 Å². The van der Waals surface area contributed by atoms with Crippen molar-refractivity contribution in [3.05, 3.63) is 10.1 Å². The highest BCUT2D eigenvalue weighted by Gasteiger charge is 2.15. The fourth-order valence-electron chi connectivity index (χ4n) is 2.70. The van der Waals surface area contributed by atoms with Gasteiger partial charge in [0.25, 0.3) is 12.5 Å². The van der Waals surface area contributed by atoms with Crippen molar-refractivity contribution in [1.82, 2.24) is 5.32 Å². The van der Waals surface area contributed by atoms with E-state index in [4.69, 9.17) is 0 Å². The lowest BCUT2D eigenvalue weighted by Gasteiger charge is -2.18. The molecule has 19 heavy (non-hydrogen) atoms. The van der Waals surface area contributed by atoms with Gasteiger partial charge in [-0.05, 0) is 12.8 Å². The highest BCUT2D eigenvalue weighted by atomic mass is 16.6. The number of amides is 1. The fraction of sp³-hybridized carbons (Fsp3) is 0.929. The molecule has 1 rings (SSSR count). The summed E-state index contributed by atoms with van der Waals surface area (Å²) in [6.07, 6.45) is 13.1. The van der Waals surface area contributed by atoms with E-state index >= 15 is 0 Å². The molecule has 1 fully saturated rings. The molecule has 0 atom stereocenters. The van der Waals surface area contributed by atoms with Crippen molar-refractivity contribution >= 4 is 5.91 Å². The molecule has 0 unspecified atom stereocenters. The molecule has 0 aliphatic heterocycles. The Hall–Kier alpha value is -1.13. The van der Waals surface area contributed by atoms with Crippen LogP contribution >= 0.6 is 0 Å². The maximum atomic E-state index is 11.4. The maximum Gasteiger partial charge on any atom is 0.291 e. The average molecular weight is 270 g/mol. The molecular formula is C14H26N2O3. The molecule has 0 heterocycles. The van der Waals surface area contributed by atoms with Crippen molar-refractivity contribution in [3.63, 3.8) is 0 Å². The van der Waals surface area contributed by atoms with Gasteiger partial charge in [-0.15, -0.1) is 0 Å². The third-order valence-electron chi connectivity index (χ3n) is 3.74. The third-order valence-corrected chi connectivity index (χ3v) is 3.74. The van der Waals surface area contributed by atoms with Crippen LogP contribution in [-0.2, 0) is 4.79 Å². The van der Waals surface area contributed by atoms with Gasteiger partial charge in [-0.1, -0.05) is 57.8 Å². The van der Waals surface area contributed by atoms with Crippen LogP contribution in [0.5, 0.6) is 0 Å². The van der Waals surface area contributed by atoms with E-state index in [1.807, 2.05) is 0 Å². The van der Waals surface area contributed by atoms with Crippen molar-refractivity contribution < 1.29 is 9.72 Å². The van der Waals surface area contributed by atoms with Crippen molar-refractivity contribution in [1.29, 1.82) is 0 Å². The molecule has 0 aromatic rings. The molecule has 0 bridgehead atoms. The number of hydrogen-bond donors (Lipinski definition) is 1. The molecule has 5 nitrogen and oxygen atoms in total. The maximum absolute atomic E-state index is 11.4. The number of nitro groups is 1. The van der Waals surface area contributed by atoms with Gasteiger partial charge in [-0.2, -0.15) is 0 Å². The average Bonchev–Trinajstić information content (AvgIpc) is 2.31. The van der Waals surface area contributed by atoms with Gasteiger partial charge in [0, 0.05) is 11.0 Å². The lowest BCUT2D eigenvalue weighted by Crippen LogP contribution is -2.38. The van der Waals surface area contributed by atoms with E-state index in [1.165, 1.54) is 44.9 Å². The van der Waals surface area contributed by atoms with E-state index in [-0.39, 0.29) is 6.04 Å². The zero-order valence-corrected chi connectivity index (χ0v) is 11.7. The monoisotopic (exact) mass is 270 g/mol. The van der Waals surface area contributed by atoms with Crippen molar-refractivity contribution in [2.24, 2.45) is 0 Å². The highest BCUT2D eigenvalue weighted by molar-refractivity contribution is 5.77. The van der Waals surface area contributed by atoms with Crippen molar-refractivity contribution in [2.75, 3.05) is 6.54 Å². The molecule has 0 aromatic carbocycles. The first-order valence-corrected chi connectivity index (χ1v) is 7.59. The molecule has 1 aliphatic rings. The summed E-state index contributed by atoms with van der Waals surface area (Å²) in [5, 5.41) is 13.1. The van der Waals surface area contributed by atoms with Crippen LogP contribution in [0.2, 0.25) is 0 Å². The Morgan fingerprint density at radius 2 is 1.37 bits per heavy atom. The predicted octanol–water partition coefficient (Wildman–Crippen LogP) is 3.05. The Morgan fingerprint density at radius 3 is 1.79 bits per heavy atom. The molecule has 1 saturated carbocycles. The fourth-order valence-corrected chi connectivity index (χ4v) is 2.70. The smallest absolute Gasteiger partial charge is 0.291 e.